The predicted molar refractivity (Wildman–Crippen MR) is 92.5 cm³/mol. The van der Waals surface area contributed by atoms with E-state index in [0.717, 1.165) is 38.4 Å². The van der Waals surface area contributed by atoms with Gasteiger partial charge in [0.2, 0.25) is 11.8 Å². The summed E-state index contributed by atoms with van der Waals surface area (Å²) in [6.45, 7) is 8.68. The first-order chi connectivity index (χ1) is 11.5. The third-order valence-corrected chi connectivity index (χ3v) is 4.18. The van der Waals surface area contributed by atoms with E-state index in [2.05, 4.69) is 10.2 Å². The van der Waals surface area contributed by atoms with E-state index in [4.69, 9.17) is 4.74 Å². The number of carbonyl (C=O) groups is 2. The first-order valence-corrected chi connectivity index (χ1v) is 8.42. The van der Waals surface area contributed by atoms with Crippen molar-refractivity contribution >= 4 is 11.8 Å². The number of hydrogen-bond donors (Lipinski definition) is 1. The Labute approximate surface area is 143 Å². The van der Waals surface area contributed by atoms with E-state index in [1.165, 1.54) is 12.5 Å². The molecule has 1 fully saturated rings. The topological polar surface area (TPSA) is 61.9 Å². The number of aryl methyl sites for hydroxylation is 1. The van der Waals surface area contributed by atoms with Gasteiger partial charge in [0.05, 0.1) is 19.8 Å². The van der Waals surface area contributed by atoms with Gasteiger partial charge in [-0.25, -0.2) is 0 Å². The van der Waals surface area contributed by atoms with Crippen molar-refractivity contribution in [2.45, 2.75) is 20.4 Å². The lowest BCUT2D eigenvalue weighted by Gasteiger charge is -2.29. The summed E-state index contributed by atoms with van der Waals surface area (Å²) >= 11 is 0. The molecular formula is C18H27N3O3. The minimum Gasteiger partial charge on any atom is -0.379 e. The fraction of sp³-hybridized carbons (Fsp3) is 0.556. The van der Waals surface area contributed by atoms with Crippen LogP contribution < -0.4 is 5.32 Å². The molecule has 0 radical (unpaired) electrons. The molecule has 132 valence electrons. The molecule has 1 heterocycles. The third-order valence-electron chi connectivity index (χ3n) is 4.18. The molecule has 1 aliphatic rings. The summed E-state index contributed by atoms with van der Waals surface area (Å²) < 4.78 is 5.31. The smallest absolute Gasteiger partial charge is 0.239 e. The van der Waals surface area contributed by atoms with Crippen LogP contribution in [0.3, 0.4) is 0 Å². The van der Waals surface area contributed by atoms with Crippen molar-refractivity contribution in [1.29, 1.82) is 0 Å². The highest BCUT2D eigenvalue weighted by atomic mass is 16.5. The Balaban J connectivity index is 1.75. The van der Waals surface area contributed by atoms with E-state index in [-0.39, 0.29) is 18.4 Å². The van der Waals surface area contributed by atoms with Crippen LogP contribution in [0, 0.1) is 6.92 Å². The second-order valence-corrected chi connectivity index (χ2v) is 6.16. The molecule has 6 nitrogen and oxygen atoms in total. The molecule has 6 heteroatoms. The molecule has 0 aliphatic carbocycles. The van der Waals surface area contributed by atoms with Crippen LogP contribution in [0.2, 0.25) is 0 Å². The highest BCUT2D eigenvalue weighted by Gasteiger charge is 2.16. The molecule has 2 amide bonds. The summed E-state index contributed by atoms with van der Waals surface area (Å²) in [6, 6.07) is 8.03. The Bertz CT molecular complexity index is 539. The zero-order valence-corrected chi connectivity index (χ0v) is 14.6. The molecule has 1 aromatic carbocycles. The molecule has 24 heavy (non-hydrogen) atoms. The van der Waals surface area contributed by atoms with Crippen molar-refractivity contribution in [2.75, 3.05) is 45.9 Å². The van der Waals surface area contributed by atoms with Crippen LogP contribution >= 0.6 is 0 Å². The zero-order chi connectivity index (χ0) is 17.4. The minimum absolute atomic E-state index is 0.0752. The van der Waals surface area contributed by atoms with E-state index in [1.807, 2.05) is 31.2 Å². The fourth-order valence-electron chi connectivity index (χ4n) is 2.57. The molecule has 1 saturated heterocycles. The van der Waals surface area contributed by atoms with Gasteiger partial charge in [0.15, 0.2) is 0 Å². The van der Waals surface area contributed by atoms with Crippen molar-refractivity contribution in [3.63, 3.8) is 0 Å². The quantitative estimate of drug-likeness (QED) is 0.801. The second-order valence-electron chi connectivity index (χ2n) is 6.16. The van der Waals surface area contributed by atoms with Crippen LogP contribution in [0.25, 0.3) is 0 Å². The van der Waals surface area contributed by atoms with Crippen LogP contribution in [-0.2, 0) is 20.9 Å². The van der Waals surface area contributed by atoms with E-state index in [9.17, 15) is 9.59 Å². The monoisotopic (exact) mass is 333 g/mol. The van der Waals surface area contributed by atoms with Crippen molar-refractivity contribution in [3.05, 3.63) is 35.4 Å². The number of ether oxygens (including phenoxy) is 1. The van der Waals surface area contributed by atoms with Crippen molar-refractivity contribution in [1.82, 2.24) is 15.1 Å². The van der Waals surface area contributed by atoms with Gasteiger partial charge in [-0.1, -0.05) is 29.8 Å². The van der Waals surface area contributed by atoms with Crippen molar-refractivity contribution in [2.24, 2.45) is 0 Å². The SMILES string of the molecule is CC(=O)N(CCN1CCOCC1)CC(=O)NCc1ccc(C)cc1. The lowest BCUT2D eigenvalue weighted by atomic mass is 10.1. The van der Waals surface area contributed by atoms with Gasteiger partial charge in [-0.05, 0) is 12.5 Å². The van der Waals surface area contributed by atoms with Gasteiger partial charge in [0.25, 0.3) is 0 Å². The molecule has 0 spiro atoms. The molecule has 2 rings (SSSR count). The first kappa shape index (κ1) is 18.4. The molecule has 0 atom stereocenters. The summed E-state index contributed by atoms with van der Waals surface area (Å²) in [7, 11) is 0. The maximum Gasteiger partial charge on any atom is 0.239 e. The summed E-state index contributed by atoms with van der Waals surface area (Å²) in [5, 5.41) is 2.88. The molecule has 0 saturated carbocycles. The Kier molecular flexibility index (Phi) is 7.21. The van der Waals surface area contributed by atoms with Gasteiger partial charge in [-0.3, -0.25) is 14.5 Å². The number of nitrogens with one attached hydrogen (secondary N) is 1. The Morgan fingerprint density at radius 3 is 2.50 bits per heavy atom. The number of amides is 2. The zero-order valence-electron chi connectivity index (χ0n) is 14.6. The number of nitrogens with zero attached hydrogens (tertiary/aromatic N) is 2. The van der Waals surface area contributed by atoms with E-state index in [1.54, 1.807) is 4.90 Å². The lowest BCUT2D eigenvalue weighted by Crippen LogP contribution is -2.45. The van der Waals surface area contributed by atoms with E-state index in [0.29, 0.717) is 13.1 Å². The Morgan fingerprint density at radius 1 is 1.21 bits per heavy atom. The number of hydrogen-bond acceptors (Lipinski definition) is 4. The lowest BCUT2D eigenvalue weighted by molar-refractivity contribution is -0.134. The predicted octanol–water partition coefficient (Wildman–Crippen LogP) is 0.792. The van der Waals surface area contributed by atoms with Gasteiger partial charge in [-0.15, -0.1) is 0 Å². The molecule has 0 unspecified atom stereocenters. The average molecular weight is 333 g/mol. The highest BCUT2D eigenvalue weighted by molar-refractivity contribution is 5.83. The van der Waals surface area contributed by atoms with Gasteiger partial charge < -0.3 is 15.0 Å². The van der Waals surface area contributed by atoms with Crippen LogP contribution in [0.1, 0.15) is 18.1 Å². The van der Waals surface area contributed by atoms with Crippen LogP contribution in [-0.4, -0.2) is 67.6 Å². The minimum atomic E-state index is -0.132. The Hall–Kier alpha value is -1.92. The summed E-state index contributed by atoms with van der Waals surface area (Å²) in [6.07, 6.45) is 0. The summed E-state index contributed by atoms with van der Waals surface area (Å²) in [5.74, 6) is -0.207. The number of rotatable bonds is 7. The highest BCUT2D eigenvalue weighted by Crippen LogP contribution is 2.03. The van der Waals surface area contributed by atoms with E-state index >= 15 is 0 Å². The standard InChI is InChI=1S/C18H27N3O3/c1-15-3-5-17(6-4-15)13-19-18(23)14-21(16(2)22)8-7-20-9-11-24-12-10-20/h3-6H,7-14H2,1-2H3,(H,19,23). The molecule has 1 aromatic rings. The number of morpholine rings is 1. The molecular weight excluding hydrogens is 306 g/mol. The van der Waals surface area contributed by atoms with Crippen LogP contribution in [0.4, 0.5) is 0 Å². The maximum atomic E-state index is 12.1. The van der Waals surface area contributed by atoms with Crippen LogP contribution in [0.5, 0.6) is 0 Å². The van der Waals surface area contributed by atoms with Crippen LogP contribution in [0.15, 0.2) is 24.3 Å². The van der Waals surface area contributed by atoms with Gasteiger partial charge in [-0.2, -0.15) is 0 Å². The maximum absolute atomic E-state index is 12.1. The normalized spacial score (nSPS) is 15.1. The molecule has 0 bridgehead atoms. The molecule has 0 aromatic heterocycles. The fourth-order valence-corrected chi connectivity index (χ4v) is 2.57. The van der Waals surface area contributed by atoms with E-state index < -0.39 is 0 Å². The number of benzene rings is 1. The second kappa shape index (κ2) is 9.39. The summed E-state index contributed by atoms with van der Waals surface area (Å²) in [4.78, 5) is 27.7. The third kappa shape index (κ3) is 6.29. The molecule has 1 N–H and O–H groups in total. The van der Waals surface area contributed by atoms with Crippen molar-refractivity contribution in [3.8, 4) is 0 Å². The molecule has 1 aliphatic heterocycles. The summed E-state index contributed by atoms with van der Waals surface area (Å²) in [5.41, 5.74) is 2.24. The first-order valence-electron chi connectivity index (χ1n) is 8.42. The number of carbonyl (C=O) groups excluding carboxylic acids is 2. The van der Waals surface area contributed by atoms with Gasteiger partial charge in [0.1, 0.15) is 0 Å². The van der Waals surface area contributed by atoms with Crippen molar-refractivity contribution < 1.29 is 14.3 Å². The largest absolute Gasteiger partial charge is 0.379 e. The Morgan fingerprint density at radius 2 is 1.88 bits per heavy atom. The van der Waals surface area contributed by atoms with Gasteiger partial charge in [0, 0.05) is 39.6 Å². The van der Waals surface area contributed by atoms with Gasteiger partial charge >= 0.3 is 0 Å². The average Bonchev–Trinajstić information content (AvgIpc) is 2.58.